The quantitative estimate of drug-likeness (QED) is 0.874. The van der Waals surface area contributed by atoms with Crippen LogP contribution in [0.15, 0.2) is 18.2 Å². The van der Waals surface area contributed by atoms with Crippen molar-refractivity contribution >= 4 is 23.4 Å². The summed E-state index contributed by atoms with van der Waals surface area (Å²) >= 11 is 7.59. The molecule has 0 heterocycles. The van der Waals surface area contributed by atoms with Crippen LogP contribution >= 0.6 is 23.4 Å². The van der Waals surface area contributed by atoms with Crippen molar-refractivity contribution in [2.75, 3.05) is 12.8 Å². The van der Waals surface area contributed by atoms with Crippen LogP contribution in [0.25, 0.3) is 0 Å². The Hall–Kier alpha value is -0.250. The molecule has 1 aromatic carbocycles. The summed E-state index contributed by atoms with van der Waals surface area (Å²) in [6.07, 6.45) is 0.813. The predicted octanol–water partition coefficient (Wildman–Crippen LogP) is 4.14. The van der Waals surface area contributed by atoms with Gasteiger partial charge in [-0.05, 0) is 31.2 Å². The van der Waals surface area contributed by atoms with E-state index < -0.39 is 0 Å². The lowest BCUT2D eigenvalue weighted by Crippen LogP contribution is -2.31. The van der Waals surface area contributed by atoms with Crippen LogP contribution in [0, 0.1) is 5.82 Å². The van der Waals surface area contributed by atoms with Crippen molar-refractivity contribution < 1.29 is 4.39 Å². The fourth-order valence-corrected chi connectivity index (χ4v) is 2.65. The fourth-order valence-electron chi connectivity index (χ4n) is 1.55. The van der Waals surface area contributed by atoms with Crippen molar-refractivity contribution in [3.8, 4) is 0 Å². The van der Waals surface area contributed by atoms with Gasteiger partial charge in [-0.15, -0.1) is 0 Å². The van der Waals surface area contributed by atoms with Crippen LogP contribution in [-0.2, 0) is 6.42 Å². The van der Waals surface area contributed by atoms with Gasteiger partial charge in [-0.2, -0.15) is 11.8 Å². The van der Waals surface area contributed by atoms with Gasteiger partial charge in [0.05, 0.1) is 5.02 Å². The Morgan fingerprint density at radius 1 is 1.39 bits per heavy atom. The minimum absolute atomic E-state index is 0.184. The van der Waals surface area contributed by atoms with Crippen LogP contribution in [0.2, 0.25) is 5.02 Å². The molecule has 0 bridgehead atoms. The molecule has 0 saturated heterocycles. The van der Waals surface area contributed by atoms with E-state index in [1.54, 1.807) is 6.07 Å². The van der Waals surface area contributed by atoms with Crippen LogP contribution in [0.3, 0.4) is 0 Å². The molecular weight excluding hydrogens is 269 g/mol. The first-order valence-electron chi connectivity index (χ1n) is 6.07. The predicted molar refractivity (Wildman–Crippen MR) is 80.2 cm³/mol. The van der Waals surface area contributed by atoms with Crippen LogP contribution in [0.4, 0.5) is 4.39 Å². The molecular formula is C14H21ClFNS. The maximum Gasteiger partial charge on any atom is 0.142 e. The van der Waals surface area contributed by atoms with Crippen LogP contribution in [0.5, 0.6) is 0 Å². The van der Waals surface area contributed by atoms with E-state index in [1.807, 2.05) is 24.9 Å². The molecule has 4 heteroatoms. The Labute approximate surface area is 118 Å². The van der Waals surface area contributed by atoms with Gasteiger partial charge in [0.2, 0.25) is 0 Å². The minimum Gasteiger partial charge on any atom is -0.316 e. The number of halogens is 2. The van der Waals surface area contributed by atoms with Crippen molar-refractivity contribution in [2.24, 2.45) is 0 Å². The molecule has 0 fully saturated rings. The van der Waals surface area contributed by atoms with Crippen molar-refractivity contribution in [1.29, 1.82) is 0 Å². The lowest BCUT2D eigenvalue weighted by Gasteiger charge is -2.22. The number of nitrogens with one attached hydrogen (secondary N) is 1. The summed E-state index contributed by atoms with van der Waals surface area (Å²) in [5.74, 6) is 0.664. The van der Waals surface area contributed by atoms with Gasteiger partial charge in [-0.25, -0.2) is 4.39 Å². The van der Waals surface area contributed by atoms with E-state index in [1.165, 1.54) is 6.07 Å². The molecule has 1 aromatic rings. The highest BCUT2D eigenvalue weighted by Gasteiger charge is 2.15. The first-order valence-corrected chi connectivity index (χ1v) is 7.43. The van der Waals surface area contributed by atoms with E-state index in [0.717, 1.165) is 17.7 Å². The molecule has 0 amide bonds. The summed E-state index contributed by atoms with van der Waals surface area (Å²) in [5.41, 5.74) is 0.978. The molecule has 0 radical (unpaired) electrons. The van der Waals surface area contributed by atoms with Crippen molar-refractivity contribution in [3.63, 3.8) is 0 Å². The van der Waals surface area contributed by atoms with Gasteiger partial charge in [0.15, 0.2) is 0 Å². The van der Waals surface area contributed by atoms with Crippen LogP contribution in [0.1, 0.15) is 26.3 Å². The largest absolute Gasteiger partial charge is 0.316 e. The molecule has 0 saturated carbocycles. The number of hydrogen-bond acceptors (Lipinski definition) is 2. The van der Waals surface area contributed by atoms with Gasteiger partial charge in [0.25, 0.3) is 0 Å². The maximum atomic E-state index is 13.4. The molecule has 1 unspecified atom stereocenters. The standard InChI is InChI=1S/C14H21ClFNS/c1-14(2,3)18-9-11(17-4)7-10-5-6-12(15)13(16)8-10/h5-6,8,11,17H,7,9H2,1-4H3. The van der Waals surface area contributed by atoms with Gasteiger partial charge in [-0.3, -0.25) is 0 Å². The van der Waals surface area contributed by atoms with Gasteiger partial charge >= 0.3 is 0 Å². The second kappa shape index (κ2) is 6.78. The Balaban J connectivity index is 2.59. The van der Waals surface area contributed by atoms with E-state index in [9.17, 15) is 4.39 Å². The summed E-state index contributed by atoms with van der Waals surface area (Å²) in [5, 5.41) is 3.47. The van der Waals surface area contributed by atoms with E-state index in [2.05, 4.69) is 26.1 Å². The summed E-state index contributed by atoms with van der Waals surface area (Å²) in [7, 11) is 1.94. The number of benzene rings is 1. The number of rotatable bonds is 5. The molecule has 1 atom stereocenters. The lowest BCUT2D eigenvalue weighted by atomic mass is 10.1. The van der Waals surface area contributed by atoms with Crippen molar-refractivity contribution in [3.05, 3.63) is 34.6 Å². The third-order valence-corrected chi connectivity index (χ3v) is 4.33. The Kier molecular flexibility index (Phi) is 5.96. The average molecular weight is 290 g/mol. The molecule has 0 aromatic heterocycles. The normalized spacial score (nSPS) is 13.7. The van der Waals surface area contributed by atoms with E-state index in [4.69, 9.17) is 11.6 Å². The third kappa shape index (κ3) is 5.59. The Morgan fingerprint density at radius 3 is 2.56 bits per heavy atom. The van der Waals surface area contributed by atoms with E-state index >= 15 is 0 Å². The Morgan fingerprint density at radius 2 is 2.06 bits per heavy atom. The maximum absolute atomic E-state index is 13.4. The van der Waals surface area contributed by atoms with E-state index in [-0.39, 0.29) is 15.6 Å². The lowest BCUT2D eigenvalue weighted by molar-refractivity contribution is 0.601. The highest BCUT2D eigenvalue weighted by molar-refractivity contribution is 8.00. The van der Waals surface area contributed by atoms with Crippen molar-refractivity contribution in [2.45, 2.75) is 38.0 Å². The topological polar surface area (TPSA) is 12.0 Å². The summed E-state index contributed by atoms with van der Waals surface area (Å²) < 4.78 is 13.6. The zero-order valence-electron chi connectivity index (χ0n) is 11.4. The molecule has 0 aliphatic heterocycles. The molecule has 1 N–H and O–H groups in total. The zero-order valence-corrected chi connectivity index (χ0v) is 13.0. The molecule has 0 aliphatic rings. The van der Waals surface area contributed by atoms with Gasteiger partial charge in [-0.1, -0.05) is 38.4 Å². The third-order valence-electron chi connectivity index (χ3n) is 2.59. The minimum atomic E-state index is -0.340. The van der Waals surface area contributed by atoms with E-state index in [0.29, 0.717) is 6.04 Å². The molecule has 1 nitrogen and oxygen atoms in total. The Bertz CT molecular complexity index is 390. The number of hydrogen-bond donors (Lipinski definition) is 1. The first-order chi connectivity index (χ1) is 8.31. The van der Waals surface area contributed by atoms with Crippen molar-refractivity contribution in [1.82, 2.24) is 5.32 Å². The fraction of sp³-hybridized carbons (Fsp3) is 0.571. The van der Waals surface area contributed by atoms with Crippen LogP contribution in [-0.4, -0.2) is 23.6 Å². The number of thioether (sulfide) groups is 1. The second-order valence-electron chi connectivity index (χ2n) is 5.36. The molecule has 0 aliphatic carbocycles. The van der Waals surface area contributed by atoms with Gasteiger partial charge in [0, 0.05) is 16.5 Å². The molecule has 0 spiro atoms. The molecule has 18 heavy (non-hydrogen) atoms. The monoisotopic (exact) mass is 289 g/mol. The smallest absolute Gasteiger partial charge is 0.142 e. The number of likely N-dealkylation sites (N-methyl/N-ethyl adjacent to an activating group) is 1. The van der Waals surface area contributed by atoms with Gasteiger partial charge in [0.1, 0.15) is 5.82 Å². The highest BCUT2D eigenvalue weighted by Crippen LogP contribution is 2.25. The average Bonchev–Trinajstić information content (AvgIpc) is 2.28. The summed E-state index contributed by atoms with van der Waals surface area (Å²) in [6, 6.07) is 5.37. The highest BCUT2D eigenvalue weighted by atomic mass is 35.5. The molecule has 1 rings (SSSR count). The molecule has 102 valence electrons. The summed E-state index contributed by atoms with van der Waals surface area (Å²) in [6.45, 7) is 6.60. The first kappa shape index (κ1) is 15.8. The SMILES string of the molecule is CNC(CSC(C)(C)C)Cc1ccc(Cl)c(F)c1. The summed E-state index contributed by atoms with van der Waals surface area (Å²) in [4.78, 5) is 0. The van der Waals surface area contributed by atoms with Crippen LogP contribution < -0.4 is 5.32 Å². The second-order valence-corrected chi connectivity index (χ2v) is 7.62. The van der Waals surface area contributed by atoms with Gasteiger partial charge < -0.3 is 5.32 Å². The zero-order chi connectivity index (χ0) is 13.8.